The highest BCUT2D eigenvalue weighted by molar-refractivity contribution is 6.14. The molecule has 2 heterocycles. The van der Waals surface area contributed by atoms with Gasteiger partial charge in [0.1, 0.15) is 0 Å². The topological polar surface area (TPSA) is 6.48 Å². The highest BCUT2D eigenvalue weighted by Gasteiger charge is 2.26. The number of hydrogen-bond acceptors (Lipinski definition) is 2. The molecule has 0 atom stereocenters. The van der Waals surface area contributed by atoms with Gasteiger partial charge in [0.15, 0.2) is 0 Å². The SMILES string of the molecule is C/C=C\C1=C(C)N(C/C=c2/c(-c3ccc(-c4cc5ccccc5c5ccccc45)cc3)c3ccc(N4c5ccccc5Cc5ccccc54)cc3c(-c3ccc4ccccc4c3)/c2=C/C)c2ccccc2C1. The molecule has 0 unspecified atom stereocenters. The molecule has 2 aliphatic rings. The highest BCUT2D eigenvalue weighted by atomic mass is 15.2. The summed E-state index contributed by atoms with van der Waals surface area (Å²) < 4.78 is 0. The number of para-hydroxylation sites is 3. The molecule has 11 aromatic rings. The minimum Gasteiger partial charge on any atom is -0.341 e. The molecule has 0 N–H and O–H groups in total. The first-order valence-corrected chi connectivity index (χ1v) is 25.4. The second kappa shape index (κ2) is 17.9. The van der Waals surface area contributed by atoms with E-state index in [1.807, 2.05) is 0 Å². The van der Waals surface area contributed by atoms with Crippen LogP contribution in [0.4, 0.5) is 22.7 Å². The van der Waals surface area contributed by atoms with Gasteiger partial charge < -0.3 is 9.80 Å². The van der Waals surface area contributed by atoms with Crippen molar-refractivity contribution in [3.63, 3.8) is 0 Å². The predicted molar refractivity (Wildman–Crippen MR) is 309 cm³/mol. The Bertz CT molecular complexity index is 4130. The van der Waals surface area contributed by atoms with Crippen LogP contribution in [0.1, 0.15) is 37.5 Å². The van der Waals surface area contributed by atoms with Crippen molar-refractivity contribution in [1.29, 1.82) is 0 Å². The zero-order chi connectivity index (χ0) is 48.3. The van der Waals surface area contributed by atoms with Crippen LogP contribution in [-0.2, 0) is 12.8 Å². The summed E-state index contributed by atoms with van der Waals surface area (Å²) in [6.07, 6.45) is 11.2. The highest BCUT2D eigenvalue weighted by Crippen LogP contribution is 2.46. The fraction of sp³-hybridized carbons (Fsp3) is 0.0857. The fourth-order valence-corrected chi connectivity index (χ4v) is 12.0. The van der Waals surface area contributed by atoms with Crippen molar-refractivity contribution in [1.82, 2.24) is 0 Å². The van der Waals surface area contributed by atoms with E-state index in [9.17, 15) is 0 Å². The van der Waals surface area contributed by atoms with Gasteiger partial charge in [-0.15, -0.1) is 0 Å². The van der Waals surface area contributed by atoms with E-state index in [-0.39, 0.29) is 0 Å². The number of benzene rings is 11. The summed E-state index contributed by atoms with van der Waals surface area (Å²) >= 11 is 0. The van der Waals surface area contributed by atoms with Gasteiger partial charge >= 0.3 is 0 Å². The minimum absolute atomic E-state index is 0.709. The number of hydrogen-bond donors (Lipinski definition) is 0. The standard InChI is InChI=1S/C70H54N2/c1-4-18-50-41-53-22-9-15-28-66(53)71(46(50)3)40-39-63-58(5-2)70(56-36-31-47-19-6-7-20-51(47)42-56)65-45-57(72-67-29-16-10-23-54(67)43-55-24-11-17-30-68(55)72)37-38-62(65)69(63)49-34-32-48(33-35-49)64-44-52-21-8-12-25-59(52)60-26-13-14-27-61(60)64/h4-39,42,44-45H,40-41,43H2,1-3H3/b18-4-,58-5+,63-39+. The molecule has 72 heavy (non-hydrogen) atoms. The minimum atomic E-state index is 0.709. The van der Waals surface area contributed by atoms with Crippen molar-refractivity contribution >= 4 is 78.0 Å². The number of fused-ring (bicyclic) bond motifs is 8. The lowest BCUT2D eigenvalue weighted by atomic mass is 9.86. The number of rotatable bonds is 7. The molecule has 2 heteroatoms. The third-order valence-electron chi connectivity index (χ3n) is 15.4. The maximum Gasteiger partial charge on any atom is 0.0497 e. The molecule has 0 aromatic heterocycles. The first-order valence-electron chi connectivity index (χ1n) is 25.4. The van der Waals surface area contributed by atoms with Gasteiger partial charge in [-0.2, -0.15) is 0 Å². The van der Waals surface area contributed by atoms with E-state index in [4.69, 9.17) is 0 Å². The Morgan fingerprint density at radius 1 is 0.431 bits per heavy atom. The molecule has 0 radical (unpaired) electrons. The normalized spacial score (nSPS) is 14.0. The van der Waals surface area contributed by atoms with Crippen LogP contribution in [0.25, 0.3) is 88.6 Å². The molecule has 2 aliphatic heterocycles. The second-order valence-electron chi connectivity index (χ2n) is 19.4. The molecular weight excluding hydrogens is 869 g/mol. The lowest BCUT2D eigenvalue weighted by molar-refractivity contribution is 0.939. The molecule has 0 saturated carbocycles. The molecule has 0 aliphatic carbocycles. The summed E-state index contributed by atoms with van der Waals surface area (Å²) in [4.78, 5) is 5.01. The van der Waals surface area contributed by atoms with Crippen LogP contribution in [0.15, 0.2) is 236 Å². The van der Waals surface area contributed by atoms with Crippen molar-refractivity contribution in [2.75, 3.05) is 16.3 Å². The van der Waals surface area contributed by atoms with E-state index in [2.05, 4.69) is 267 Å². The zero-order valence-electron chi connectivity index (χ0n) is 41.0. The second-order valence-corrected chi connectivity index (χ2v) is 19.4. The zero-order valence-corrected chi connectivity index (χ0v) is 41.0. The number of anilines is 4. The van der Waals surface area contributed by atoms with Crippen LogP contribution in [0.3, 0.4) is 0 Å². The molecular formula is C70H54N2. The lowest BCUT2D eigenvalue weighted by Crippen LogP contribution is -2.33. The van der Waals surface area contributed by atoms with Gasteiger partial charge in [0.25, 0.3) is 0 Å². The van der Waals surface area contributed by atoms with Crippen molar-refractivity contribution in [3.8, 4) is 33.4 Å². The van der Waals surface area contributed by atoms with Crippen LogP contribution in [0.5, 0.6) is 0 Å². The van der Waals surface area contributed by atoms with Gasteiger partial charge in [-0.05, 0) is 172 Å². The Hall–Kier alpha value is -8.72. The van der Waals surface area contributed by atoms with Gasteiger partial charge in [0, 0.05) is 47.8 Å². The van der Waals surface area contributed by atoms with E-state index in [1.54, 1.807) is 0 Å². The van der Waals surface area contributed by atoms with E-state index in [1.165, 1.54) is 132 Å². The molecule has 2 nitrogen and oxygen atoms in total. The summed E-state index contributed by atoms with van der Waals surface area (Å²) in [7, 11) is 0. The van der Waals surface area contributed by atoms with Crippen LogP contribution in [0.2, 0.25) is 0 Å². The van der Waals surface area contributed by atoms with Crippen LogP contribution in [0, 0.1) is 0 Å². The third kappa shape index (κ3) is 7.25. The van der Waals surface area contributed by atoms with Crippen LogP contribution >= 0.6 is 0 Å². The molecule has 0 saturated heterocycles. The largest absolute Gasteiger partial charge is 0.341 e. The Kier molecular flexibility index (Phi) is 10.8. The molecule has 0 fully saturated rings. The molecule has 0 bridgehead atoms. The van der Waals surface area contributed by atoms with E-state index >= 15 is 0 Å². The average Bonchev–Trinajstić information content (AvgIpc) is 3.43. The van der Waals surface area contributed by atoms with Gasteiger partial charge in [-0.25, -0.2) is 0 Å². The molecule has 0 amide bonds. The van der Waals surface area contributed by atoms with Crippen molar-refractivity contribution in [2.24, 2.45) is 0 Å². The first-order chi connectivity index (χ1) is 35.5. The van der Waals surface area contributed by atoms with Crippen molar-refractivity contribution in [2.45, 2.75) is 33.6 Å². The lowest BCUT2D eigenvalue weighted by Gasteiger charge is -2.34. The Morgan fingerprint density at radius 3 is 1.74 bits per heavy atom. The van der Waals surface area contributed by atoms with Crippen molar-refractivity contribution < 1.29 is 0 Å². The smallest absolute Gasteiger partial charge is 0.0497 e. The monoisotopic (exact) mass is 922 g/mol. The third-order valence-corrected chi connectivity index (χ3v) is 15.4. The maximum absolute atomic E-state index is 2.53. The Labute approximate surface area is 422 Å². The summed E-state index contributed by atoms with van der Waals surface area (Å²) in [5.74, 6) is 0. The predicted octanol–water partition coefficient (Wildman–Crippen LogP) is 17.2. The maximum atomic E-state index is 2.53. The average molecular weight is 923 g/mol. The molecule has 0 spiro atoms. The van der Waals surface area contributed by atoms with Gasteiger partial charge in [-0.1, -0.05) is 194 Å². The van der Waals surface area contributed by atoms with Crippen LogP contribution in [-0.4, -0.2) is 6.54 Å². The fourth-order valence-electron chi connectivity index (χ4n) is 12.0. The molecule has 13 rings (SSSR count). The van der Waals surface area contributed by atoms with Crippen LogP contribution < -0.4 is 20.2 Å². The summed E-state index contributed by atoms with van der Waals surface area (Å²) in [6.45, 7) is 7.36. The van der Waals surface area contributed by atoms with Crippen molar-refractivity contribution in [3.05, 3.63) is 263 Å². The Morgan fingerprint density at radius 2 is 1.01 bits per heavy atom. The quantitative estimate of drug-likeness (QED) is 0.147. The van der Waals surface area contributed by atoms with Gasteiger partial charge in [-0.3, -0.25) is 0 Å². The van der Waals surface area contributed by atoms with Gasteiger partial charge in [0.2, 0.25) is 0 Å². The molecule has 344 valence electrons. The number of nitrogens with zero attached hydrogens (tertiary/aromatic N) is 2. The summed E-state index contributed by atoms with van der Waals surface area (Å²) in [5.41, 5.74) is 18.9. The van der Waals surface area contributed by atoms with E-state index in [0.29, 0.717) is 6.54 Å². The summed E-state index contributed by atoms with van der Waals surface area (Å²) in [6, 6.07) is 79.3. The Balaban J connectivity index is 1.10. The number of allylic oxidation sites excluding steroid dienone is 4. The summed E-state index contributed by atoms with van der Waals surface area (Å²) in [5, 5.41) is 12.5. The molecule has 11 aromatic carbocycles. The van der Waals surface area contributed by atoms with E-state index < -0.39 is 0 Å². The first kappa shape index (κ1) is 43.3. The van der Waals surface area contributed by atoms with Gasteiger partial charge in [0.05, 0.1) is 0 Å². The van der Waals surface area contributed by atoms with E-state index in [0.717, 1.165) is 18.5 Å².